The fourth-order valence-electron chi connectivity index (χ4n) is 4.66. The maximum absolute atomic E-state index is 13.9. The van der Waals surface area contributed by atoms with Gasteiger partial charge in [0.15, 0.2) is 0 Å². The highest BCUT2D eigenvalue weighted by atomic mass is 16.5. The number of rotatable bonds is 10. The Morgan fingerprint density at radius 2 is 1.68 bits per heavy atom. The lowest BCUT2D eigenvalue weighted by atomic mass is 10.00. The van der Waals surface area contributed by atoms with Gasteiger partial charge in [-0.3, -0.25) is 9.59 Å². The molecule has 1 aliphatic heterocycles. The standard InChI is InChI=1S/C31H36N2O4/c1-22-10-14-24(15-11-22)19-29(34)33(21-26-7-4-5-9-28(26)36-3)30(25-16-12-23(2)13-17-25)31(35)32-20-27-8-6-18-37-27/h4-5,7,9-17,27,30H,6,8,18-21H2,1-3H3,(H,32,35). The first kappa shape index (κ1) is 26.4. The molecule has 3 aromatic rings. The van der Waals surface area contributed by atoms with Crippen LogP contribution >= 0.6 is 0 Å². The molecular weight excluding hydrogens is 464 g/mol. The lowest BCUT2D eigenvalue weighted by Gasteiger charge is -2.32. The smallest absolute Gasteiger partial charge is 0.247 e. The molecule has 1 N–H and O–H groups in total. The van der Waals surface area contributed by atoms with Crippen LogP contribution in [-0.2, 0) is 27.3 Å². The van der Waals surface area contributed by atoms with Gasteiger partial charge in [0, 0.05) is 18.7 Å². The first-order chi connectivity index (χ1) is 17.9. The topological polar surface area (TPSA) is 67.9 Å². The molecule has 0 bridgehead atoms. The van der Waals surface area contributed by atoms with E-state index in [0.29, 0.717) is 12.3 Å². The first-order valence-corrected chi connectivity index (χ1v) is 12.9. The van der Waals surface area contributed by atoms with E-state index in [0.717, 1.165) is 47.3 Å². The minimum absolute atomic E-state index is 0.00791. The summed E-state index contributed by atoms with van der Waals surface area (Å²) >= 11 is 0. The van der Waals surface area contributed by atoms with Gasteiger partial charge in [0.2, 0.25) is 11.8 Å². The number of nitrogens with one attached hydrogen (secondary N) is 1. The van der Waals surface area contributed by atoms with Crippen molar-refractivity contribution in [3.05, 3.63) is 101 Å². The average molecular weight is 501 g/mol. The van der Waals surface area contributed by atoms with E-state index in [2.05, 4.69) is 5.32 Å². The fourth-order valence-corrected chi connectivity index (χ4v) is 4.66. The zero-order chi connectivity index (χ0) is 26.2. The molecule has 2 atom stereocenters. The summed E-state index contributed by atoms with van der Waals surface area (Å²) in [7, 11) is 1.61. The Morgan fingerprint density at radius 3 is 2.32 bits per heavy atom. The van der Waals surface area contributed by atoms with E-state index in [9.17, 15) is 9.59 Å². The molecule has 0 spiro atoms. The highest BCUT2D eigenvalue weighted by Crippen LogP contribution is 2.28. The lowest BCUT2D eigenvalue weighted by Crippen LogP contribution is -2.45. The van der Waals surface area contributed by atoms with E-state index in [1.165, 1.54) is 0 Å². The average Bonchev–Trinajstić information content (AvgIpc) is 3.43. The van der Waals surface area contributed by atoms with Gasteiger partial charge in [0.25, 0.3) is 0 Å². The summed E-state index contributed by atoms with van der Waals surface area (Å²) in [6.07, 6.45) is 2.12. The maximum atomic E-state index is 13.9. The summed E-state index contributed by atoms with van der Waals surface area (Å²) in [6.45, 7) is 5.41. The molecule has 1 aliphatic rings. The largest absolute Gasteiger partial charge is 0.496 e. The first-order valence-electron chi connectivity index (χ1n) is 12.9. The minimum atomic E-state index is -0.801. The Labute approximate surface area is 219 Å². The predicted octanol–water partition coefficient (Wildman–Crippen LogP) is 4.92. The third-order valence-corrected chi connectivity index (χ3v) is 6.81. The zero-order valence-electron chi connectivity index (χ0n) is 21.9. The summed E-state index contributed by atoms with van der Waals surface area (Å²) < 4.78 is 11.3. The van der Waals surface area contributed by atoms with E-state index in [-0.39, 0.29) is 30.9 Å². The van der Waals surface area contributed by atoms with Crippen molar-refractivity contribution in [2.75, 3.05) is 20.3 Å². The Hall–Kier alpha value is -3.64. The van der Waals surface area contributed by atoms with Gasteiger partial charge in [-0.15, -0.1) is 0 Å². The van der Waals surface area contributed by atoms with Crippen molar-refractivity contribution >= 4 is 11.8 Å². The molecule has 2 amide bonds. The number of para-hydroxylation sites is 1. The van der Waals surface area contributed by atoms with Gasteiger partial charge in [0.1, 0.15) is 11.8 Å². The van der Waals surface area contributed by atoms with Crippen LogP contribution in [-0.4, -0.2) is 43.1 Å². The quantitative estimate of drug-likeness (QED) is 0.429. The van der Waals surface area contributed by atoms with Gasteiger partial charge in [0.05, 0.1) is 26.2 Å². The Bertz CT molecular complexity index is 1180. The van der Waals surface area contributed by atoms with Gasteiger partial charge < -0.3 is 19.7 Å². The van der Waals surface area contributed by atoms with Crippen molar-refractivity contribution < 1.29 is 19.1 Å². The van der Waals surface area contributed by atoms with E-state index < -0.39 is 6.04 Å². The molecule has 1 heterocycles. The van der Waals surface area contributed by atoms with Crippen molar-refractivity contribution in [3.8, 4) is 5.75 Å². The summed E-state index contributed by atoms with van der Waals surface area (Å²) in [6, 6.07) is 22.5. The van der Waals surface area contributed by atoms with Gasteiger partial charge >= 0.3 is 0 Å². The Kier molecular flexibility index (Phi) is 8.96. The minimum Gasteiger partial charge on any atom is -0.496 e. The van der Waals surface area contributed by atoms with Crippen molar-refractivity contribution in [2.45, 2.75) is 51.8 Å². The number of hydrogen-bond acceptors (Lipinski definition) is 4. The molecule has 3 aromatic carbocycles. The third-order valence-electron chi connectivity index (χ3n) is 6.81. The normalized spacial score (nSPS) is 15.7. The monoisotopic (exact) mass is 500 g/mol. The maximum Gasteiger partial charge on any atom is 0.247 e. The Balaban J connectivity index is 1.69. The molecule has 1 saturated heterocycles. The number of benzene rings is 3. The number of amides is 2. The summed E-state index contributed by atoms with van der Waals surface area (Å²) in [4.78, 5) is 29.4. The third kappa shape index (κ3) is 6.98. The molecule has 0 aromatic heterocycles. The number of hydrogen-bond donors (Lipinski definition) is 1. The number of aryl methyl sites for hydroxylation is 2. The molecule has 194 valence electrons. The van der Waals surface area contributed by atoms with Crippen LogP contribution in [0.25, 0.3) is 0 Å². The van der Waals surface area contributed by atoms with Crippen LogP contribution in [0, 0.1) is 13.8 Å². The highest BCUT2D eigenvalue weighted by molar-refractivity contribution is 5.89. The number of ether oxygens (including phenoxy) is 2. The molecule has 4 rings (SSSR count). The second-order valence-corrected chi connectivity index (χ2v) is 9.69. The van der Waals surface area contributed by atoms with Crippen LogP contribution < -0.4 is 10.1 Å². The van der Waals surface area contributed by atoms with Crippen LogP contribution in [0.3, 0.4) is 0 Å². The zero-order valence-corrected chi connectivity index (χ0v) is 21.9. The molecule has 37 heavy (non-hydrogen) atoms. The fraction of sp³-hybridized carbons (Fsp3) is 0.355. The van der Waals surface area contributed by atoms with Crippen molar-refractivity contribution in [1.29, 1.82) is 0 Å². The summed E-state index contributed by atoms with van der Waals surface area (Å²) in [5.74, 6) is 0.331. The highest BCUT2D eigenvalue weighted by Gasteiger charge is 2.32. The number of nitrogens with zero attached hydrogens (tertiary/aromatic N) is 1. The van der Waals surface area contributed by atoms with E-state index in [4.69, 9.17) is 9.47 Å². The number of carbonyl (C=O) groups excluding carboxylic acids is 2. The molecule has 6 nitrogen and oxygen atoms in total. The number of methoxy groups -OCH3 is 1. The van der Waals surface area contributed by atoms with Crippen LogP contribution in [0.4, 0.5) is 0 Å². The lowest BCUT2D eigenvalue weighted by molar-refractivity contribution is -0.141. The molecular formula is C31H36N2O4. The summed E-state index contributed by atoms with van der Waals surface area (Å²) in [5.41, 5.74) is 4.73. The summed E-state index contributed by atoms with van der Waals surface area (Å²) in [5, 5.41) is 3.07. The van der Waals surface area contributed by atoms with Crippen LogP contribution in [0.15, 0.2) is 72.8 Å². The van der Waals surface area contributed by atoms with Gasteiger partial charge in [-0.2, -0.15) is 0 Å². The molecule has 2 unspecified atom stereocenters. The van der Waals surface area contributed by atoms with Gasteiger partial charge in [-0.1, -0.05) is 77.9 Å². The van der Waals surface area contributed by atoms with Crippen molar-refractivity contribution in [1.82, 2.24) is 10.2 Å². The molecule has 6 heteroatoms. The van der Waals surface area contributed by atoms with Crippen LogP contribution in [0.1, 0.15) is 46.7 Å². The second kappa shape index (κ2) is 12.5. The van der Waals surface area contributed by atoms with Crippen LogP contribution in [0.5, 0.6) is 5.75 Å². The molecule has 0 saturated carbocycles. The Morgan fingerprint density at radius 1 is 1.00 bits per heavy atom. The van der Waals surface area contributed by atoms with Gasteiger partial charge in [-0.05, 0) is 43.9 Å². The SMILES string of the molecule is COc1ccccc1CN(C(=O)Cc1ccc(C)cc1)C(C(=O)NCC1CCCO1)c1ccc(C)cc1. The second-order valence-electron chi connectivity index (χ2n) is 9.69. The molecule has 0 aliphatic carbocycles. The van der Waals surface area contributed by atoms with E-state index in [1.807, 2.05) is 86.6 Å². The van der Waals surface area contributed by atoms with E-state index in [1.54, 1.807) is 12.0 Å². The van der Waals surface area contributed by atoms with Crippen molar-refractivity contribution in [2.24, 2.45) is 0 Å². The number of carbonyl (C=O) groups is 2. The van der Waals surface area contributed by atoms with Crippen LogP contribution in [0.2, 0.25) is 0 Å². The molecule has 1 fully saturated rings. The van der Waals surface area contributed by atoms with Crippen molar-refractivity contribution in [3.63, 3.8) is 0 Å². The van der Waals surface area contributed by atoms with Gasteiger partial charge in [-0.25, -0.2) is 0 Å². The predicted molar refractivity (Wildman–Crippen MR) is 144 cm³/mol. The molecule has 0 radical (unpaired) electrons. The van der Waals surface area contributed by atoms with E-state index >= 15 is 0 Å².